The van der Waals surface area contributed by atoms with Crippen LogP contribution in [0, 0.1) is 5.92 Å². The maximum Gasteiger partial charge on any atom is 0.238 e. The van der Waals surface area contributed by atoms with Gasteiger partial charge >= 0.3 is 0 Å². The van der Waals surface area contributed by atoms with Gasteiger partial charge in [0.2, 0.25) is 5.95 Å². The largest absolute Gasteiger partial charge is 0.309 e. The Balaban J connectivity index is 0.990. The predicted octanol–water partition coefficient (Wildman–Crippen LogP) is 13.6. The van der Waals surface area contributed by atoms with Crippen LogP contribution in [0.15, 0.2) is 254 Å². The third kappa shape index (κ3) is 6.87. The first-order valence-corrected chi connectivity index (χ1v) is 26.2. The molecule has 13 rings (SSSR count). The smallest absolute Gasteiger partial charge is 0.238 e. The SMILES string of the molecule is CC1C=CC([Si](c2ccccc2)(c2ccccc2)c2cccc(-c3nc(-c4ccccc4)nc(-n4c5ccccc5c5cc(-c6ccc7c(c6)c6ccccc6n7-c6ccccc6)ccc54)n3)c2)=CC1. The van der Waals surface area contributed by atoms with Crippen molar-refractivity contribution in [2.75, 3.05) is 0 Å². The first-order valence-electron chi connectivity index (χ1n) is 24.2. The molecule has 6 heteroatoms. The lowest BCUT2D eigenvalue weighted by atomic mass is 10.0. The second kappa shape index (κ2) is 17.1. The third-order valence-corrected chi connectivity index (χ3v) is 19.1. The number of nitrogens with zero attached hydrogens (tertiary/aromatic N) is 5. The highest BCUT2D eigenvalue weighted by Gasteiger charge is 2.43. The van der Waals surface area contributed by atoms with Crippen molar-refractivity contribution in [1.82, 2.24) is 24.1 Å². The zero-order valence-electron chi connectivity index (χ0n) is 38.7. The zero-order valence-corrected chi connectivity index (χ0v) is 39.7. The molecule has 3 heterocycles. The molecule has 0 aliphatic heterocycles. The van der Waals surface area contributed by atoms with Crippen molar-refractivity contribution in [1.29, 1.82) is 0 Å². The Labute approximate surface area is 408 Å². The van der Waals surface area contributed by atoms with Crippen molar-refractivity contribution < 1.29 is 0 Å². The Morgan fingerprint density at radius 3 is 1.49 bits per heavy atom. The summed E-state index contributed by atoms with van der Waals surface area (Å²) in [5.74, 6) is 2.31. The molecule has 0 spiro atoms. The lowest BCUT2D eigenvalue weighted by Crippen LogP contribution is -2.68. The Morgan fingerprint density at radius 1 is 0.400 bits per heavy atom. The van der Waals surface area contributed by atoms with E-state index in [1.165, 1.54) is 42.6 Å². The van der Waals surface area contributed by atoms with Gasteiger partial charge in [-0.25, -0.2) is 4.98 Å². The van der Waals surface area contributed by atoms with E-state index in [2.05, 4.69) is 247 Å². The highest BCUT2D eigenvalue weighted by Crippen LogP contribution is 2.38. The van der Waals surface area contributed by atoms with Crippen LogP contribution >= 0.6 is 0 Å². The van der Waals surface area contributed by atoms with Crippen LogP contribution in [-0.4, -0.2) is 32.2 Å². The van der Waals surface area contributed by atoms with Gasteiger partial charge < -0.3 is 4.57 Å². The topological polar surface area (TPSA) is 48.5 Å². The van der Waals surface area contributed by atoms with Crippen LogP contribution in [0.3, 0.4) is 0 Å². The van der Waals surface area contributed by atoms with Gasteiger partial charge in [0, 0.05) is 38.4 Å². The molecule has 0 bridgehead atoms. The summed E-state index contributed by atoms with van der Waals surface area (Å²) in [4.78, 5) is 16.1. The van der Waals surface area contributed by atoms with E-state index in [4.69, 9.17) is 15.0 Å². The third-order valence-electron chi connectivity index (χ3n) is 14.3. The van der Waals surface area contributed by atoms with Gasteiger partial charge in [-0.2, -0.15) is 9.97 Å². The molecule has 0 saturated heterocycles. The van der Waals surface area contributed by atoms with Gasteiger partial charge in [-0.3, -0.25) is 4.57 Å². The van der Waals surface area contributed by atoms with Crippen molar-refractivity contribution in [2.45, 2.75) is 13.3 Å². The molecule has 12 aromatic rings. The molecule has 5 nitrogen and oxygen atoms in total. The van der Waals surface area contributed by atoms with E-state index in [9.17, 15) is 0 Å². The second-order valence-corrected chi connectivity index (χ2v) is 22.3. The zero-order chi connectivity index (χ0) is 46.6. The van der Waals surface area contributed by atoms with E-state index >= 15 is 0 Å². The number of rotatable bonds is 9. The van der Waals surface area contributed by atoms with E-state index < -0.39 is 8.07 Å². The standard InChI is InChI=1S/C64H47N5Si/c1-44-33-37-52(38-34-44)70(50-24-10-4-11-25-50,51-26-12-5-13-27-51)53-28-18-21-48(41-53)63-65-62(45-19-6-2-7-20-45)66-64(67-63)69-59-32-17-15-30-55(59)57-43-47(36-40-61(57)69)46-35-39-60-56(42-46)54-29-14-16-31-58(54)68(60)49-22-8-3-9-23-49/h2-33,35-44H,34H2,1H3. The summed E-state index contributed by atoms with van der Waals surface area (Å²) in [6, 6.07) is 83.2. The summed E-state index contributed by atoms with van der Waals surface area (Å²) < 4.78 is 4.59. The van der Waals surface area contributed by atoms with Crippen LogP contribution in [-0.2, 0) is 0 Å². The molecule has 1 aliphatic rings. The highest BCUT2D eigenvalue weighted by molar-refractivity contribution is 7.16. The maximum atomic E-state index is 5.46. The Kier molecular flexibility index (Phi) is 10.1. The van der Waals surface area contributed by atoms with E-state index in [0.29, 0.717) is 23.5 Å². The number of fused-ring (bicyclic) bond motifs is 6. The average molecular weight is 914 g/mol. The van der Waals surface area contributed by atoms with E-state index in [0.717, 1.165) is 56.2 Å². The molecule has 1 aliphatic carbocycles. The maximum absolute atomic E-state index is 5.46. The second-order valence-electron chi connectivity index (χ2n) is 18.4. The summed E-state index contributed by atoms with van der Waals surface area (Å²) in [5.41, 5.74) is 9.78. The molecule has 1 atom stereocenters. The Morgan fingerprint density at radius 2 is 0.886 bits per heavy atom. The Hall–Kier alpha value is -8.71. The summed E-state index contributed by atoms with van der Waals surface area (Å²) in [6.07, 6.45) is 8.29. The predicted molar refractivity (Wildman–Crippen MR) is 293 cm³/mol. The number of allylic oxidation sites excluding steroid dienone is 4. The molecule has 332 valence electrons. The summed E-state index contributed by atoms with van der Waals surface area (Å²) >= 11 is 0. The number of para-hydroxylation sites is 3. The first kappa shape index (κ1) is 41.5. The number of benzene rings is 9. The van der Waals surface area contributed by atoms with E-state index in [1.807, 2.05) is 18.2 Å². The highest BCUT2D eigenvalue weighted by atomic mass is 28.3. The van der Waals surface area contributed by atoms with Gasteiger partial charge in [-0.05, 0) is 92.8 Å². The fourth-order valence-corrected chi connectivity index (χ4v) is 15.8. The molecule has 1 unspecified atom stereocenters. The molecule has 3 aromatic heterocycles. The van der Waals surface area contributed by atoms with Crippen LogP contribution in [0.4, 0.5) is 0 Å². The Bertz CT molecular complexity index is 3950. The molecule has 70 heavy (non-hydrogen) atoms. The van der Waals surface area contributed by atoms with Gasteiger partial charge in [-0.1, -0.05) is 207 Å². The van der Waals surface area contributed by atoms with Crippen molar-refractivity contribution in [2.24, 2.45) is 5.92 Å². The average Bonchev–Trinajstić information content (AvgIpc) is 3.95. The van der Waals surface area contributed by atoms with Crippen LogP contribution in [0.2, 0.25) is 0 Å². The number of hydrogen-bond donors (Lipinski definition) is 0. The van der Waals surface area contributed by atoms with Crippen LogP contribution in [0.1, 0.15) is 13.3 Å². The van der Waals surface area contributed by atoms with Crippen molar-refractivity contribution in [3.63, 3.8) is 0 Å². The summed E-state index contributed by atoms with van der Waals surface area (Å²) in [7, 11) is -2.81. The first-order chi connectivity index (χ1) is 34.6. The quantitative estimate of drug-likeness (QED) is 0.107. The molecular weight excluding hydrogens is 867 g/mol. The fraction of sp³-hybridized carbons (Fsp3) is 0.0469. The van der Waals surface area contributed by atoms with Gasteiger partial charge in [0.15, 0.2) is 19.7 Å². The molecular formula is C64H47N5Si. The number of hydrogen-bond acceptors (Lipinski definition) is 3. The number of aromatic nitrogens is 5. The minimum Gasteiger partial charge on any atom is -0.309 e. The minimum atomic E-state index is -2.81. The summed E-state index contributed by atoms with van der Waals surface area (Å²) in [5, 5.41) is 10.1. The van der Waals surface area contributed by atoms with Gasteiger partial charge in [-0.15, -0.1) is 0 Å². The minimum absolute atomic E-state index is 0.490. The van der Waals surface area contributed by atoms with Crippen molar-refractivity contribution in [3.05, 3.63) is 254 Å². The van der Waals surface area contributed by atoms with Gasteiger partial charge in [0.05, 0.1) is 22.1 Å². The molecule has 9 aromatic carbocycles. The van der Waals surface area contributed by atoms with E-state index in [-0.39, 0.29) is 0 Å². The van der Waals surface area contributed by atoms with E-state index in [1.54, 1.807) is 0 Å². The van der Waals surface area contributed by atoms with Gasteiger partial charge in [0.25, 0.3) is 0 Å². The molecule has 0 N–H and O–H groups in total. The molecule has 0 radical (unpaired) electrons. The molecule has 0 fully saturated rings. The van der Waals surface area contributed by atoms with Crippen LogP contribution in [0.5, 0.6) is 0 Å². The molecule has 0 saturated carbocycles. The van der Waals surface area contributed by atoms with Crippen molar-refractivity contribution in [3.8, 4) is 45.5 Å². The monoisotopic (exact) mass is 913 g/mol. The lowest BCUT2D eigenvalue weighted by molar-refractivity contribution is 0.734. The van der Waals surface area contributed by atoms with Crippen LogP contribution < -0.4 is 15.6 Å². The normalized spacial score (nSPS) is 13.9. The summed E-state index contributed by atoms with van der Waals surface area (Å²) in [6.45, 7) is 2.30. The molecule has 0 amide bonds. The fourth-order valence-electron chi connectivity index (χ4n) is 11.0. The van der Waals surface area contributed by atoms with Crippen molar-refractivity contribution >= 4 is 67.2 Å². The van der Waals surface area contributed by atoms with Crippen LogP contribution in [0.25, 0.3) is 89.2 Å². The lowest BCUT2D eigenvalue weighted by Gasteiger charge is -2.36. The van der Waals surface area contributed by atoms with Gasteiger partial charge in [0.1, 0.15) is 0 Å².